The summed E-state index contributed by atoms with van der Waals surface area (Å²) in [5, 5.41) is 5.72. The Morgan fingerprint density at radius 3 is 3.11 bits per heavy atom. The molecule has 2 heterocycles. The highest BCUT2D eigenvalue weighted by molar-refractivity contribution is 7.09. The molecular formula is C13H16N4OS. The number of nitrogens with two attached hydrogens (primary N) is 1. The van der Waals surface area contributed by atoms with Crippen LogP contribution in [-0.2, 0) is 17.6 Å². The van der Waals surface area contributed by atoms with E-state index in [4.69, 9.17) is 5.73 Å². The summed E-state index contributed by atoms with van der Waals surface area (Å²) in [5.41, 5.74) is 7.89. The van der Waals surface area contributed by atoms with Crippen molar-refractivity contribution < 1.29 is 4.79 Å². The number of carbonyl (C=O) groups is 1. The van der Waals surface area contributed by atoms with Gasteiger partial charge in [0.1, 0.15) is 0 Å². The molecule has 0 radical (unpaired) electrons. The number of hydrogen-bond donors (Lipinski definition) is 2. The van der Waals surface area contributed by atoms with Crippen LogP contribution in [0.4, 0.5) is 5.69 Å². The van der Waals surface area contributed by atoms with Crippen LogP contribution in [0, 0.1) is 6.92 Å². The molecule has 2 aromatic heterocycles. The molecule has 0 spiro atoms. The van der Waals surface area contributed by atoms with E-state index in [0.717, 1.165) is 28.5 Å². The Labute approximate surface area is 115 Å². The van der Waals surface area contributed by atoms with Crippen LogP contribution in [-0.4, -0.2) is 22.4 Å². The number of carbonyl (C=O) groups excluding carboxylic acids is 1. The van der Waals surface area contributed by atoms with Crippen LogP contribution in [0.1, 0.15) is 16.4 Å². The smallest absolute Gasteiger partial charge is 0.230 e. The maximum atomic E-state index is 11.9. The van der Waals surface area contributed by atoms with Crippen LogP contribution in [0.15, 0.2) is 23.7 Å². The molecule has 3 N–H and O–H groups in total. The highest BCUT2D eigenvalue weighted by atomic mass is 32.1. The van der Waals surface area contributed by atoms with Gasteiger partial charge >= 0.3 is 0 Å². The first-order valence-corrected chi connectivity index (χ1v) is 6.91. The molecular weight excluding hydrogens is 260 g/mol. The summed E-state index contributed by atoms with van der Waals surface area (Å²) in [7, 11) is 0. The maximum Gasteiger partial charge on any atom is 0.230 e. The standard InChI is InChI=1S/C13H16N4OS/c1-9-6-10(3-5-15-9)16-12(18)7-11-8-19-13(17-11)2-4-14/h3,5-6,8H,2,4,7,14H2,1H3,(H,15,16,18). The Hall–Kier alpha value is -1.79. The number of nitrogens with one attached hydrogen (secondary N) is 1. The Bertz CT molecular complexity index is 567. The highest BCUT2D eigenvalue weighted by Gasteiger charge is 2.08. The van der Waals surface area contributed by atoms with Crippen LogP contribution in [0.25, 0.3) is 0 Å². The van der Waals surface area contributed by atoms with Gasteiger partial charge in [-0.15, -0.1) is 11.3 Å². The van der Waals surface area contributed by atoms with Crippen molar-refractivity contribution in [3.8, 4) is 0 Å². The largest absolute Gasteiger partial charge is 0.330 e. The Balaban J connectivity index is 1.93. The summed E-state index contributed by atoms with van der Waals surface area (Å²) in [4.78, 5) is 20.3. The van der Waals surface area contributed by atoms with Crippen molar-refractivity contribution in [1.29, 1.82) is 0 Å². The first-order chi connectivity index (χ1) is 9.17. The fourth-order valence-corrected chi connectivity index (χ4v) is 2.48. The quantitative estimate of drug-likeness (QED) is 0.867. The molecule has 1 amide bonds. The molecule has 0 aliphatic heterocycles. The Morgan fingerprint density at radius 1 is 1.53 bits per heavy atom. The van der Waals surface area contributed by atoms with Crippen LogP contribution >= 0.6 is 11.3 Å². The van der Waals surface area contributed by atoms with Crippen molar-refractivity contribution in [2.45, 2.75) is 19.8 Å². The van der Waals surface area contributed by atoms with Crippen molar-refractivity contribution in [3.63, 3.8) is 0 Å². The number of anilines is 1. The number of nitrogens with zero attached hydrogens (tertiary/aromatic N) is 2. The van der Waals surface area contributed by atoms with E-state index in [0.29, 0.717) is 6.54 Å². The van der Waals surface area contributed by atoms with E-state index in [2.05, 4.69) is 15.3 Å². The van der Waals surface area contributed by atoms with Gasteiger partial charge in [0, 0.05) is 29.4 Å². The third-order valence-corrected chi connectivity index (χ3v) is 3.44. The molecule has 0 saturated heterocycles. The number of rotatable bonds is 5. The van der Waals surface area contributed by atoms with Gasteiger partial charge in [0.2, 0.25) is 5.91 Å². The van der Waals surface area contributed by atoms with Crippen molar-refractivity contribution >= 4 is 22.9 Å². The van der Waals surface area contributed by atoms with Gasteiger partial charge < -0.3 is 11.1 Å². The summed E-state index contributed by atoms with van der Waals surface area (Å²) in [6.45, 7) is 2.46. The van der Waals surface area contributed by atoms with E-state index in [1.807, 2.05) is 18.4 Å². The molecule has 0 unspecified atom stereocenters. The molecule has 0 fully saturated rings. The van der Waals surface area contributed by atoms with Gasteiger partial charge in [-0.25, -0.2) is 4.98 Å². The molecule has 100 valence electrons. The summed E-state index contributed by atoms with van der Waals surface area (Å²) in [6.07, 6.45) is 2.71. The molecule has 0 aliphatic rings. The predicted octanol–water partition coefficient (Wildman–Crippen LogP) is 1.53. The molecule has 2 rings (SSSR count). The molecule has 6 heteroatoms. The van der Waals surface area contributed by atoms with E-state index < -0.39 is 0 Å². The normalized spacial score (nSPS) is 10.4. The molecule has 19 heavy (non-hydrogen) atoms. The van der Waals surface area contributed by atoms with Gasteiger partial charge in [-0.05, 0) is 25.6 Å². The summed E-state index contributed by atoms with van der Waals surface area (Å²) >= 11 is 1.54. The highest BCUT2D eigenvalue weighted by Crippen LogP contribution is 2.12. The van der Waals surface area contributed by atoms with Crippen molar-refractivity contribution in [2.24, 2.45) is 5.73 Å². The molecule has 0 aromatic carbocycles. The zero-order valence-electron chi connectivity index (χ0n) is 10.7. The summed E-state index contributed by atoms with van der Waals surface area (Å²) < 4.78 is 0. The zero-order chi connectivity index (χ0) is 13.7. The fraction of sp³-hybridized carbons (Fsp3) is 0.308. The number of aromatic nitrogens is 2. The lowest BCUT2D eigenvalue weighted by atomic mass is 10.3. The van der Waals surface area contributed by atoms with Gasteiger partial charge in [-0.2, -0.15) is 0 Å². The topological polar surface area (TPSA) is 80.9 Å². The van der Waals surface area contributed by atoms with Crippen molar-refractivity contribution in [2.75, 3.05) is 11.9 Å². The van der Waals surface area contributed by atoms with E-state index >= 15 is 0 Å². The molecule has 0 atom stereocenters. The Morgan fingerprint density at radius 2 is 2.37 bits per heavy atom. The molecule has 0 aliphatic carbocycles. The summed E-state index contributed by atoms with van der Waals surface area (Å²) in [5.74, 6) is -0.0739. The minimum Gasteiger partial charge on any atom is -0.330 e. The average Bonchev–Trinajstić information content (AvgIpc) is 2.77. The van der Waals surface area contributed by atoms with Gasteiger partial charge in [0.25, 0.3) is 0 Å². The SMILES string of the molecule is Cc1cc(NC(=O)Cc2csc(CCN)n2)ccn1. The molecule has 5 nitrogen and oxygen atoms in total. The zero-order valence-corrected chi connectivity index (χ0v) is 11.5. The second kappa shape index (κ2) is 6.40. The third kappa shape index (κ3) is 4.11. The monoisotopic (exact) mass is 276 g/mol. The van der Waals surface area contributed by atoms with E-state index in [1.165, 1.54) is 0 Å². The van der Waals surface area contributed by atoms with Gasteiger partial charge in [-0.3, -0.25) is 9.78 Å². The second-order valence-electron chi connectivity index (χ2n) is 4.18. The molecule has 2 aromatic rings. The Kier molecular flexibility index (Phi) is 4.59. The van der Waals surface area contributed by atoms with Crippen LogP contribution < -0.4 is 11.1 Å². The lowest BCUT2D eigenvalue weighted by Gasteiger charge is -2.04. The van der Waals surface area contributed by atoms with Gasteiger partial charge in [0.05, 0.1) is 17.1 Å². The van der Waals surface area contributed by atoms with Crippen LogP contribution in [0.3, 0.4) is 0 Å². The maximum absolute atomic E-state index is 11.9. The van der Waals surface area contributed by atoms with E-state index in [-0.39, 0.29) is 12.3 Å². The average molecular weight is 276 g/mol. The first kappa shape index (κ1) is 13.6. The lowest BCUT2D eigenvalue weighted by Crippen LogP contribution is -2.14. The third-order valence-electron chi connectivity index (χ3n) is 2.48. The van der Waals surface area contributed by atoms with Crippen LogP contribution in [0.2, 0.25) is 0 Å². The fourth-order valence-electron chi connectivity index (χ4n) is 1.66. The van der Waals surface area contributed by atoms with Crippen molar-refractivity contribution in [3.05, 3.63) is 40.1 Å². The lowest BCUT2D eigenvalue weighted by molar-refractivity contribution is -0.115. The van der Waals surface area contributed by atoms with E-state index in [9.17, 15) is 4.79 Å². The number of thiazole rings is 1. The van der Waals surface area contributed by atoms with Gasteiger partial charge in [-0.1, -0.05) is 0 Å². The number of hydrogen-bond acceptors (Lipinski definition) is 5. The molecule has 0 saturated carbocycles. The minimum absolute atomic E-state index is 0.0739. The molecule has 0 bridgehead atoms. The number of amides is 1. The number of pyridine rings is 1. The minimum atomic E-state index is -0.0739. The second-order valence-corrected chi connectivity index (χ2v) is 5.12. The summed E-state index contributed by atoms with van der Waals surface area (Å²) in [6, 6.07) is 3.60. The first-order valence-electron chi connectivity index (χ1n) is 6.03. The number of aryl methyl sites for hydroxylation is 1. The predicted molar refractivity (Wildman–Crippen MR) is 76.2 cm³/mol. The van der Waals surface area contributed by atoms with E-state index in [1.54, 1.807) is 23.6 Å². The van der Waals surface area contributed by atoms with Gasteiger partial charge in [0.15, 0.2) is 0 Å². The van der Waals surface area contributed by atoms with Crippen LogP contribution in [0.5, 0.6) is 0 Å². The van der Waals surface area contributed by atoms with Crippen molar-refractivity contribution in [1.82, 2.24) is 9.97 Å².